The number of benzene rings is 1. The van der Waals surface area contributed by atoms with Crippen LogP contribution >= 0.6 is 0 Å². The highest BCUT2D eigenvalue weighted by Crippen LogP contribution is 2.18. The molecule has 0 bridgehead atoms. The van der Waals surface area contributed by atoms with Gasteiger partial charge < -0.3 is 14.9 Å². The van der Waals surface area contributed by atoms with Crippen molar-refractivity contribution in [3.05, 3.63) is 35.9 Å². The van der Waals surface area contributed by atoms with Crippen LogP contribution < -0.4 is 0 Å². The van der Waals surface area contributed by atoms with Crippen LogP contribution in [0, 0.1) is 0 Å². The van der Waals surface area contributed by atoms with Crippen molar-refractivity contribution < 1.29 is 19.5 Å². The highest BCUT2D eigenvalue weighted by atomic mass is 16.4. The Morgan fingerprint density at radius 1 is 1.26 bits per heavy atom. The Morgan fingerprint density at radius 3 is 2.57 bits per heavy atom. The van der Waals surface area contributed by atoms with Gasteiger partial charge in [0.15, 0.2) is 0 Å². The summed E-state index contributed by atoms with van der Waals surface area (Å²) < 4.78 is 0. The first kappa shape index (κ1) is 17.0. The van der Waals surface area contributed by atoms with Gasteiger partial charge in [-0.15, -0.1) is 0 Å². The van der Waals surface area contributed by atoms with Gasteiger partial charge in [-0.25, -0.2) is 4.79 Å². The zero-order valence-corrected chi connectivity index (χ0v) is 13.3. The van der Waals surface area contributed by atoms with Crippen LogP contribution in [0.5, 0.6) is 0 Å². The molecule has 1 atom stereocenters. The highest BCUT2D eigenvalue weighted by molar-refractivity contribution is 5.84. The molecular weight excluding hydrogens is 296 g/mol. The summed E-state index contributed by atoms with van der Waals surface area (Å²) in [4.78, 5) is 38.2. The van der Waals surface area contributed by atoms with Gasteiger partial charge in [-0.05, 0) is 18.4 Å². The molecule has 1 fully saturated rings. The molecular formula is C17H22N2O4. The lowest BCUT2D eigenvalue weighted by Crippen LogP contribution is -2.42. The summed E-state index contributed by atoms with van der Waals surface area (Å²) in [6.07, 6.45) is 1.36. The number of likely N-dealkylation sites (tertiary alicyclic amines) is 1. The van der Waals surface area contributed by atoms with Crippen molar-refractivity contribution in [1.29, 1.82) is 0 Å². The van der Waals surface area contributed by atoms with E-state index < -0.39 is 12.0 Å². The van der Waals surface area contributed by atoms with Crippen molar-refractivity contribution in [3.63, 3.8) is 0 Å². The summed E-state index contributed by atoms with van der Waals surface area (Å²) in [5, 5.41) is 9.13. The minimum Gasteiger partial charge on any atom is -0.480 e. The van der Waals surface area contributed by atoms with Crippen LogP contribution in [0.15, 0.2) is 30.3 Å². The number of amides is 2. The Morgan fingerprint density at radius 2 is 1.96 bits per heavy atom. The Hall–Kier alpha value is -2.37. The van der Waals surface area contributed by atoms with E-state index in [9.17, 15) is 14.4 Å². The fourth-order valence-electron chi connectivity index (χ4n) is 2.85. The molecule has 1 saturated heterocycles. The summed E-state index contributed by atoms with van der Waals surface area (Å²) in [6.45, 7) is 2.70. The monoisotopic (exact) mass is 318 g/mol. The zero-order valence-electron chi connectivity index (χ0n) is 13.3. The Labute approximate surface area is 135 Å². The summed E-state index contributed by atoms with van der Waals surface area (Å²) in [5.41, 5.74) is 1.000. The molecule has 1 aliphatic rings. The van der Waals surface area contributed by atoms with E-state index >= 15 is 0 Å². The number of aliphatic carboxylic acids is 1. The Balaban J connectivity index is 1.92. The minimum atomic E-state index is -0.955. The summed E-state index contributed by atoms with van der Waals surface area (Å²) >= 11 is 0. The molecule has 2 amide bonds. The number of nitrogens with zero attached hydrogens (tertiary/aromatic N) is 2. The molecule has 0 aromatic heterocycles. The standard InChI is InChI=1S/C17H22N2O4/c1-13(20)18(12-14-6-3-2-4-7-14)11-9-16(21)19-10-5-8-15(19)17(22)23/h2-4,6-7,15H,5,8-12H2,1H3,(H,22,23). The quantitative estimate of drug-likeness (QED) is 0.862. The summed E-state index contributed by atoms with van der Waals surface area (Å²) in [6, 6.07) is 8.85. The van der Waals surface area contributed by atoms with E-state index in [0.29, 0.717) is 32.5 Å². The van der Waals surface area contributed by atoms with Gasteiger partial charge in [0.1, 0.15) is 6.04 Å². The SMILES string of the molecule is CC(=O)N(CCC(=O)N1CCCC1C(=O)O)Cc1ccccc1. The third kappa shape index (κ3) is 4.55. The van der Waals surface area contributed by atoms with Gasteiger partial charge in [0.2, 0.25) is 11.8 Å². The Bertz CT molecular complexity index is 573. The molecule has 0 aliphatic carbocycles. The van der Waals surface area contributed by atoms with E-state index in [1.54, 1.807) is 4.90 Å². The van der Waals surface area contributed by atoms with Crippen LogP contribution in [0.2, 0.25) is 0 Å². The van der Waals surface area contributed by atoms with Gasteiger partial charge in [-0.2, -0.15) is 0 Å². The first-order chi connectivity index (χ1) is 11.0. The van der Waals surface area contributed by atoms with Crippen LogP contribution in [-0.2, 0) is 20.9 Å². The molecule has 2 rings (SSSR count). The van der Waals surface area contributed by atoms with E-state index in [1.165, 1.54) is 11.8 Å². The van der Waals surface area contributed by atoms with Crippen LogP contribution in [0.25, 0.3) is 0 Å². The van der Waals surface area contributed by atoms with E-state index in [-0.39, 0.29) is 18.2 Å². The minimum absolute atomic E-state index is 0.0992. The molecule has 0 saturated carbocycles. The van der Waals surface area contributed by atoms with Crippen molar-refractivity contribution in [2.24, 2.45) is 0 Å². The highest BCUT2D eigenvalue weighted by Gasteiger charge is 2.33. The van der Waals surface area contributed by atoms with Gasteiger partial charge >= 0.3 is 5.97 Å². The number of rotatable bonds is 6. The second-order valence-electron chi connectivity index (χ2n) is 5.76. The van der Waals surface area contributed by atoms with Crippen LogP contribution in [0.1, 0.15) is 31.7 Å². The molecule has 1 aliphatic heterocycles. The van der Waals surface area contributed by atoms with Crippen molar-refractivity contribution in [1.82, 2.24) is 9.80 Å². The predicted octanol–water partition coefficient (Wildman–Crippen LogP) is 1.50. The molecule has 124 valence electrons. The largest absolute Gasteiger partial charge is 0.480 e. The van der Waals surface area contributed by atoms with E-state index in [1.807, 2.05) is 30.3 Å². The fraction of sp³-hybridized carbons (Fsp3) is 0.471. The Kier molecular flexibility index (Phi) is 5.73. The number of carbonyl (C=O) groups excluding carboxylic acids is 2. The molecule has 0 spiro atoms. The van der Waals surface area contributed by atoms with Crippen LogP contribution in [0.3, 0.4) is 0 Å². The maximum atomic E-state index is 12.3. The zero-order chi connectivity index (χ0) is 16.8. The number of hydrogen-bond acceptors (Lipinski definition) is 3. The maximum Gasteiger partial charge on any atom is 0.326 e. The molecule has 0 radical (unpaired) electrons. The van der Waals surface area contributed by atoms with Gasteiger partial charge in [0, 0.05) is 33.0 Å². The topological polar surface area (TPSA) is 77.9 Å². The molecule has 1 aromatic rings. The summed E-state index contributed by atoms with van der Waals surface area (Å²) in [7, 11) is 0. The first-order valence-electron chi connectivity index (χ1n) is 7.80. The van der Waals surface area contributed by atoms with Gasteiger partial charge in [-0.1, -0.05) is 30.3 Å². The van der Waals surface area contributed by atoms with Crippen molar-refractivity contribution >= 4 is 17.8 Å². The summed E-state index contributed by atoms with van der Waals surface area (Å²) in [5.74, 6) is -1.25. The van der Waals surface area contributed by atoms with E-state index in [2.05, 4.69) is 0 Å². The van der Waals surface area contributed by atoms with Crippen molar-refractivity contribution in [3.8, 4) is 0 Å². The lowest BCUT2D eigenvalue weighted by molar-refractivity contribution is -0.148. The van der Waals surface area contributed by atoms with E-state index in [4.69, 9.17) is 5.11 Å². The lowest BCUT2D eigenvalue weighted by atomic mass is 10.2. The van der Waals surface area contributed by atoms with Crippen molar-refractivity contribution in [2.45, 2.75) is 38.8 Å². The van der Waals surface area contributed by atoms with Crippen LogP contribution in [-0.4, -0.2) is 51.8 Å². The second-order valence-corrected chi connectivity index (χ2v) is 5.76. The molecule has 23 heavy (non-hydrogen) atoms. The molecule has 6 nitrogen and oxygen atoms in total. The normalized spacial score (nSPS) is 17.1. The average molecular weight is 318 g/mol. The molecule has 1 aromatic carbocycles. The first-order valence-corrected chi connectivity index (χ1v) is 7.80. The van der Waals surface area contributed by atoms with Gasteiger partial charge in [0.05, 0.1) is 0 Å². The lowest BCUT2D eigenvalue weighted by Gasteiger charge is -2.25. The number of carboxylic acids is 1. The molecule has 1 heterocycles. The molecule has 6 heteroatoms. The van der Waals surface area contributed by atoms with Crippen molar-refractivity contribution in [2.75, 3.05) is 13.1 Å². The molecule has 1 unspecified atom stereocenters. The fourth-order valence-corrected chi connectivity index (χ4v) is 2.85. The predicted molar refractivity (Wildman–Crippen MR) is 84.5 cm³/mol. The van der Waals surface area contributed by atoms with Gasteiger partial charge in [-0.3, -0.25) is 9.59 Å². The maximum absolute atomic E-state index is 12.3. The number of hydrogen-bond donors (Lipinski definition) is 1. The average Bonchev–Trinajstić information content (AvgIpc) is 3.01. The van der Waals surface area contributed by atoms with E-state index in [0.717, 1.165) is 5.56 Å². The third-order valence-electron chi connectivity index (χ3n) is 4.12. The smallest absolute Gasteiger partial charge is 0.326 e. The molecule has 1 N–H and O–H groups in total. The number of carboxylic acid groups (broad SMARTS) is 1. The van der Waals surface area contributed by atoms with Crippen LogP contribution in [0.4, 0.5) is 0 Å². The number of carbonyl (C=O) groups is 3. The second kappa shape index (κ2) is 7.76. The van der Waals surface area contributed by atoms with Gasteiger partial charge in [0.25, 0.3) is 0 Å². The third-order valence-corrected chi connectivity index (χ3v) is 4.12.